The molecule has 3 rings (SSSR count). The van der Waals surface area contributed by atoms with Gasteiger partial charge in [0.1, 0.15) is 24.2 Å². The van der Waals surface area contributed by atoms with Gasteiger partial charge in [-0.15, -0.1) is 0 Å². The van der Waals surface area contributed by atoms with Crippen LogP contribution < -0.4 is 5.32 Å². The van der Waals surface area contributed by atoms with Crippen molar-refractivity contribution in [1.29, 1.82) is 0 Å². The molecule has 0 radical (unpaired) electrons. The van der Waals surface area contributed by atoms with Gasteiger partial charge in [-0.1, -0.05) is 6.07 Å². The molecule has 1 aliphatic rings. The Balaban J connectivity index is 1.77. The lowest BCUT2D eigenvalue weighted by atomic mass is 10.0. The Hall–Kier alpha value is -2.89. The lowest BCUT2D eigenvalue weighted by molar-refractivity contribution is -0.111. The molecule has 1 aliphatic heterocycles. The van der Waals surface area contributed by atoms with Crippen molar-refractivity contribution in [3.63, 3.8) is 0 Å². The molecule has 24 heavy (non-hydrogen) atoms. The maximum absolute atomic E-state index is 11.0. The number of dihydropyridines is 1. The quantitative estimate of drug-likeness (QED) is 0.855. The van der Waals surface area contributed by atoms with Crippen LogP contribution in [0.3, 0.4) is 0 Å². The van der Waals surface area contributed by atoms with Crippen LogP contribution in [0.4, 0.5) is 0 Å². The maximum atomic E-state index is 11.0. The lowest BCUT2D eigenvalue weighted by Gasteiger charge is -2.24. The molecule has 1 N–H and O–H groups in total. The summed E-state index contributed by atoms with van der Waals surface area (Å²) in [6.07, 6.45) is 9.74. The third-order valence-electron chi connectivity index (χ3n) is 4.14. The average molecular weight is 324 g/mol. The summed E-state index contributed by atoms with van der Waals surface area (Å²) in [6.45, 7) is 4.19. The number of pyridine rings is 1. The molecule has 1 atom stereocenters. The topological polar surface area (TPSA) is 69.0 Å². The summed E-state index contributed by atoms with van der Waals surface area (Å²) in [5.74, 6) is 0.673. The predicted octanol–water partition coefficient (Wildman–Crippen LogP) is 2.27. The molecule has 0 spiro atoms. The monoisotopic (exact) mass is 324 g/mol. The molecule has 0 aromatic carbocycles. The van der Waals surface area contributed by atoms with Gasteiger partial charge in [0.05, 0.1) is 11.9 Å². The summed E-state index contributed by atoms with van der Waals surface area (Å²) in [6, 6.07) is 3.88. The Kier molecular flexibility index (Phi) is 4.20. The minimum absolute atomic E-state index is 0.382. The molecule has 124 valence electrons. The van der Waals surface area contributed by atoms with Crippen molar-refractivity contribution in [1.82, 2.24) is 20.1 Å². The SMILES string of the molecule is Cc1c(-c2ncccc2COC2=CNC(C)(C=O)C=C2)cnn1C. The van der Waals surface area contributed by atoms with Crippen molar-refractivity contribution >= 4 is 6.29 Å². The molecular weight excluding hydrogens is 304 g/mol. The molecular formula is C18H20N4O2. The summed E-state index contributed by atoms with van der Waals surface area (Å²) in [7, 11) is 1.91. The fraction of sp³-hybridized carbons (Fsp3) is 0.278. The number of hydrogen-bond donors (Lipinski definition) is 1. The number of aryl methyl sites for hydroxylation is 1. The highest BCUT2D eigenvalue weighted by Gasteiger charge is 2.21. The number of hydrogen-bond acceptors (Lipinski definition) is 5. The number of carbonyl (C=O) groups excluding carboxylic acids is 1. The molecule has 0 bridgehead atoms. The number of ether oxygens (including phenoxy) is 1. The Morgan fingerprint density at radius 1 is 1.46 bits per heavy atom. The highest BCUT2D eigenvalue weighted by atomic mass is 16.5. The third-order valence-corrected chi connectivity index (χ3v) is 4.14. The number of rotatable bonds is 5. The van der Waals surface area contributed by atoms with Gasteiger partial charge >= 0.3 is 0 Å². The van der Waals surface area contributed by atoms with Crippen LogP contribution in [0.25, 0.3) is 11.3 Å². The first kappa shape index (κ1) is 16.0. The Morgan fingerprint density at radius 2 is 2.29 bits per heavy atom. The first-order valence-corrected chi connectivity index (χ1v) is 7.71. The molecule has 2 aromatic rings. The number of aromatic nitrogens is 3. The second-order valence-corrected chi connectivity index (χ2v) is 5.99. The van der Waals surface area contributed by atoms with E-state index in [1.807, 2.05) is 37.0 Å². The number of nitrogens with zero attached hydrogens (tertiary/aromatic N) is 3. The molecule has 1 unspecified atom stereocenters. The minimum atomic E-state index is -0.668. The molecule has 0 fully saturated rings. The second-order valence-electron chi connectivity index (χ2n) is 5.99. The summed E-state index contributed by atoms with van der Waals surface area (Å²) in [5, 5.41) is 7.30. The molecule has 6 nitrogen and oxygen atoms in total. The van der Waals surface area contributed by atoms with Gasteiger partial charge in [-0.25, -0.2) is 0 Å². The number of aldehydes is 1. The van der Waals surface area contributed by atoms with E-state index in [1.165, 1.54) is 0 Å². The zero-order chi connectivity index (χ0) is 17.2. The van der Waals surface area contributed by atoms with Crippen molar-refractivity contribution in [3.8, 4) is 11.3 Å². The standard InChI is InChI=1S/C18H20N4O2/c1-13-16(10-21-22(13)3)17-14(5-4-8-19-17)11-24-15-6-7-18(2,12-23)20-9-15/h4-10,12,20H,11H2,1-3H3. The van der Waals surface area contributed by atoms with E-state index >= 15 is 0 Å². The Labute approximate surface area is 140 Å². The van der Waals surface area contributed by atoms with E-state index in [2.05, 4.69) is 15.4 Å². The first-order valence-electron chi connectivity index (χ1n) is 7.71. The number of allylic oxidation sites excluding steroid dienone is 1. The van der Waals surface area contributed by atoms with E-state index in [0.29, 0.717) is 12.4 Å². The second kappa shape index (κ2) is 6.31. The van der Waals surface area contributed by atoms with Gasteiger partial charge in [0, 0.05) is 36.3 Å². The highest BCUT2D eigenvalue weighted by Crippen LogP contribution is 2.25. The van der Waals surface area contributed by atoms with Crippen LogP contribution in [0.1, 0.15) is 18.2 Å². The van der Waals surface area contributed by atoms with E-state index in [1.54, 1.807) is 31.5 Å². The summed E-state index contributed by atoms with van der Waals surface area (Å²) in [4.78, 5) is 15.5. The van der Waals surface area contributed by atoms with Crippen LogP contribution in [0.5, 0.6) is 0 Å². The lowest BCUT2D eigenvalue weighted by Crippen LogP contribution is -2.40. The molecule has 2 aromatic heterocycles. The smallest absolute Gasteiger partial charge is 0.149 e. The molecule has 0 aliphatic carbocycles. The molecule has 0 amide bonds. The van der Waals surface area contributed by atoms with Crippen LogP contribution >= 0.6 is 0 Å². The van der Waals surface area contributed by atoms with Crippen LogP contribution in [0.2, 0.25) is 0 Å². The summed E-state index contributed by atoms with van der Waals surface area (Å²) >= 11 is 0. The van der Waals surface area contributed by atoms with Crippen molar-refractivity contribution in [3.05, 3.63) is 59.9 Å². The highest BCUT2D eigenvalue weighted by molar-refractivity contribution is 5.68. The normalized spacial score (nSPS) is 19.5. The van der Waals surface area contributed by atoms with Crippen LogP contribution in [-0.4, -0.2) is 26.6 Å². The van der Waals surface area contributed by atoms with Gasteiger partial charge in [-0.05, 0) is 32.1 Å². The summed E-state index contributed by atoms with van der Waals surface area (Å²) in [5.41, 5.74) is 3.23. The van der Waals surface area contributed by atoms with E-state index in [4.69, 9.17) is 4.74 Å². The largest absolute Gasteiger partial charge is 0.487 e. The summed E-state index contributed by atoms with van der Waals surface area (Å²) < 4.78 is 7.67. The average Bonchev–Trinajstić information content (AvgIpc) is 2.94. The van der Waals surface area contributed by atoms with Crippen LogP contribution in [0, 0.1) is 6.92 Å². The fourth-order valence-corrected chi connectivity index (χ4v) is 2.43. The molecule has 0 saturated heterocycles. The van der Waals surface area contributed by atoms with Crippen LogP contribution in [0.15, 0.2) is 48.6 Å². The van der Waals surface area contributed by atoms with Gasteiger partial charge in [0.15, 0.2) is 0 Å². The number of nitrogens with one attached hydrogen (secondary N) is 1. The van der Waals surface area contributed by atoms with E-state index in [9.17, 15) is 4.79 Å². The third kappa shape index (κ3) is 3.08. The first-order chi connectivity index (χ1) is 11.5. The predicted molar refractivity (Wildman–Crippen MR) is 90.8 cm³/mol. The van der Waals surface area contributed by atoms with Crippen molar-refractivity contribution in [2.75, 3.05) is 0 Å². The van der Waals surface area contributed by atoms with E-state index < -0.39 is 5.54 Å². The minimum Gasteiger partial charge on any atom is -0.487 e. The van der Waals surface area contributed by atoms with Gasteiger partial charge in [0.25, 0.3) is 0 Å². The molecule has 6 heteroatoms. The molecule has 0 saturated carbocycles. The zero-order valence-electron chi connectivity index (χ0n) is 14.0. The van der Waals surface area contributed by atoms with Crippen molar-refractivity contribution in [2.24, 2.45) is 7.05 Å². The van der Waals surface area contributed by atoms with Gasteiger partial charge in [-0.2, -0.15) is 5.10 Å². The van der Waals surface area contributed by atoms with Crippen molar-refractivity contribution in [2.45, 2.75) is 26.0 Å². The van der Waals surface area contributed by atoms with Crippen LogP contribution in [-0.2, 0) is 23.2 Å². The Morgan fingerprint density at radius 3 is 2.92 bits per heavy atom. The number of carbonyl (C=O) groups is 1. The van der Waals surface area contributed by atoms with Gasteiger partial charge in [0.2, 0.25) is 0 Å². The van der Waals surface area contributed by atoms with E-state index in [0.717, 1.165) is 28.8 Å². The fourth-order valence-electron chi connectivity index (χ4n) is 2.43. The zero-order valence-corrected chi connectivity index (χ0v) is 14.0. The van der Waals surface area contributed by atoms with Gasteiger partial charge < -0.3 is 14.8 Å². The van der Waals surface area contributed by atoms with Crippen molar-refractivity contribution < 1.29 is 9.53 Å². The molecule has 3 heterocycles. The van der Waals surface area contributed by atoms with E-state index in [-0.39, 0.29) is 0 Å². The van der Waals surface area contributed by atoms with Gasteiger partial charge in [-0.3, -0.25) is 9.67 Å². The Bertz CT molecular complexity index is 822. The maximum Gasteiger partial charge on any atom is 0.149 e.